The van der Waals surface area contributed by atoms with Gasteiger partial charge in [0, 0.05) is 6.42 Å². The number of hydrogen-bond acceptors (Lipinski definition) is 13. The molecule has 0 aromatic rings. The van der Waals surface area contributed by atoms with Crippen LogP contribution in [0.2, 0.25) is 0 Å². The Morgan fingerprint density at radius 2 is 0.691 bits per heavy atom. The summed E-state index contributed by atoms with van der Waals surface area (Å²) in [5, 5.41) is 87.6. The van der Waals surface area contributed by atoms with Crippen LogP contribution in [0.3, 0.4) is 0 Å². The Hall–Kier alpha value is -2.57. The smallest absolute Gasteiger partial charge is 0.220 e. The van der Waals surface area contributed by atoms with E-state index in [1.165, 1.54) is 263 Å². The van der Waals surface area contributed by atoms with Gasteiger partial charge in [0.15, 0.2) is 12.6 Å². The minimum absolute atomic E-state index is 0.249. The summed E-state index contributed by atoms with van der Waals surface area (Å²) < 4.78 is 22.9. The van der Waals surface area contributed by atoms with Crippen molar-refractivity contribution in [2.45, 2.75) is 428 Å². The van der Waals surface area contributed by atoms with Crippen LogP contribution in [0.4, 0.5) is 0 Å². The SMILES string of the molecule is CCCCCCC/C=C\C/C=C\C/C=C\CCCCCCCCCCCCCCCCCCCCCCC(=O)NC(COC1OC(CO)C(OC2OC(CO)C(O)C(O)C2O)C(O)C1O)C(O)/C=C/CC/C=C/CC/C=C/CCCCCCCCCCCCCCCCCCCC. The molecule has 2 fully saturated rings. The Balaban J connectivity index is 1.63. The lowest BCUT2D eigenvalue weighted by Crippen LogP contribution is -2.65. The maximum atomic E-state index is 13.4. The molecule has 0 aromatic heterocycles. The minimum Gasteiger partial charge on any atom is -0.394 e. The van der Waals surface area contributed by atoms with E-state index in [2.05, 4.69) is 79.9 Å². The second kappa shape index (κ2) is 66.7. The number of hydrogen-bond donors (Lipinski definition) is 9. The van der Waals surface area contributed by atoms with Crippen LogP contribution in [0.5, 0.6) is 0 Å². The molecular weight excluding hydrogens is 1220 g/mol. The zero-order valence-corrected chi connectivity index (χ0v) is 62.1. The van der Waals surface area contributed by atoms with E-state index < -0.39 is 86.8 Å². The molecule has 97 heavy (non-hydrogen) atoms. The lowest BCUT2D eigenvalue weighted by Gasteiger charge is -2.46. The molecule has 9 N–H and O–H groups in total. The highest BCUT2D eigenvalue weighted by Gasteiger charge is 2.51. The number of carbonyl (C=O) groups is 1. The predicted molar refractivity (Wildman–Crippen MR) is 401 cm³/mol. The van der Waals surface area contributed by atoms with Crippen molar-refractivity contribution in [2.24, 2.45) is 0 Å². The molecule has 0 bridgehead atoms. The molecule has 2 saturated heterocycles. The Morgan fingerprint density at radius 3 is 1.08 bits per heavy atom. The summed E-state index contributed by atoms with van der Waals surface area (Å²) in [5.41, 5.74) is 0. The second-order valence-corrected chi connectivity index (χ2v) is 28.5. The van der Waals surface area contributed by atoms with E-state index in [4.69, 9.17) is 18.9 Å². The number of unbranched alkanes of at least 4 members (excludes halogenated alkanes) is 45. The lowest BCUT2D eigenvalue weighted by atomic mass is 9.97. The fourth-order valence-corrected chi connectivity index (χ4v) is 13.2. The van der Waals surface area contributed by atoms with Gasteiger partial charge in [0.05, 0.1) is 32.0 Å². The van der Waals surface area contributed by atoms with E-state index in [9.17, 15) is 45.6 Å². The highest BCUT2D eigenvalue weighted by Crippen LogP contribution is 2.30. The molecular formula is C83H151NO13. The Morgan fingerprint density at radius 1 is 0.371 bits per heavy atom. The number of carbonyl (C=O) groups excluding carboxylic acids is 1. The van der Waals surface area contributed by atoms with Crippen LogP contribution < -0.4 is 5.32 Å². The van der Waals surface area contributed by atoms with E-state index >= 15 is 0 Å². The molecule has 0 aliphatic carbocycles. The highest BCUT2D eigenvalue weighted by atomic mass is 16.7. The number of nitrogens with one attached hydrogen (secondary N) is 1. The Labute approximate surface area is 593 Å². The monoisotopic (exact) mass is 1370 g/mol. The van der Waals surface area contributed by atoms with Gasteiger partial charge >= 0.3 is 0 Å². The summed E-state index contributed by atoms with van der Waals surface area (Å²) in [4.78, 5) is 13.4. The minimum atomic E-state index is -1.80. The van der Waals surface area contributed by atoms with Crippen LogP contribution >= 0.6 is 0 Å². The van der Waals surface area contributed by atoms with E-state index in [1.54, 1.807) is 6.08 Å². The van der Waals surface area contributed by atoms with Gasteiger partial charge in [-0.3, -0.25) is 4.79 Å². The molecule has 2 rings (SSSR count). The quantitative estimate of drug-likeness (QED) is 0.0204. The summed E-state index contributed by atoms with van der Waals surface area (Å²) >= 11 is 0. The first-order chi connectivity index (χ1) is 47.6. The number of ether oxygens (including phenoxy) is 4. The predicted octanol–water partition coefficient (Wildman–Crippen LogP) is 18.5. The highest BCUT2D eigenvalue weighted by molar-refractivity contribution is 5.76. The van der Waals surface area contributed by atoms with Crippen LogP contribution in [0, 0.1) is 0 Å². The van der Waals surface area contributed by atoms with Gasteiger partial charge in [-0.2, -0.15) is 0 Å². The summed E-state index contributed by atoms with van der Waals surface area (Å²) in [6.07, 6.45) is 75.6. The third-order valence-electron chi connectivity index (χ3n) is 19.6. The number of aliphatic hydroxyl groups is 8. The van der Waals surface area contributed by atoms with Crippen LogP contribution in [-0.2, 0) is 23.7 Å². The fraction of sp³-hybridized carbons (Fsp3) is 0.843. The van der Waals surface area contributed by atoms with Gasteiger partial charge in [-0.05, 0) is 83.5 Å². The summed E-state index contributed by atoms with van der Waals surface area (Å²) in [6, 6.07) is -0.942. The number of amides is 1. The molecule has 14 heteroatoms. The van der Waals surface area contributed by atoms with Crippen molar-refractivity contribution >= 4 is 5.91 Å². The molecule has 14 nitrogen and oxygen atoms in total. The van der Waals surface area contributed by atoms with E-state index in [-0.39, 0.29) is 18.9 Å². The van der Waals surface area contributed by atoms with Gasteiger partial charge in [0.2, 0.25) is 5.91 Å². The number of rotatable bonds is 68. The van der Waals surface area contributed by atoms with Crippen molar-refractivity contribution < 1.29 is 64.6 Å². The first-order valence-corrected chi connectivity index (χ1v) is 40.7. The third kappa shape index (κ3) is 49.6. The second-order valence-electron chi connectivity index (χ2n) is 28.5. The van der Waals surface area contributed by atoms with E-state index in [0.717, 1.165) is 57.8 Å². The number of aliphatic hydroxyl groups excluding tert-OH is 8. The van der Waals surface area contributed by atoms with Gasteiger partial charge < -0.3 is 65.1 Å². The zero-order valence-electron chi connectivity index (χ0n) is 62.1. The molecule has 0 radical (unpaired) electrons. The van der Waals surface area contributed by atoms with Gasteiger partial charge in [0.1, 0.15) is 48.8 Å². The van der Waals surface area contributed by atoms with Crippen molar-refractivity contribution in [3.05, 3.63) is 72.9 Å². The van der Waals surface area contributed by atoms with Crippen LogP contribution in [0.1, 0.15) is 354 Å². The summed E-state index contributed by atoms with van der Waals surface area (Å²) in [7, 11) is 0. The van der Waals surface area contributed by atoms with Gasteiger partial charge in [-0.25, -0.2) is 0 Å². The molecule has 12 atom stereocenters. The van der Waals surface area contributed by atoms with Crippen molar-refractivity contribution in [2.75, 3.05) is 19.8 Å². The zero-order chi connectivity index (χ0) is 70.1. The van der Waals surface area contributed by atoms with E-state index in [1.807, 2.05) is 6.08 Å². The van der Waals surface area contributed by atoms with Crippen molar-refractivity contribution in [1.29, 1.82) is 0 Å². The van der Waals surface area contributed by atoms with Crippen molar-refractivity contribution in [3.8, 4) is 0 Å². The first-order valence-electron chi connectivity index (χ1n) is 40.7. The largest absolute Gasteiger partial charge is 0.394 e. The molecule has 1 amide bonds. The van der Waals surface area contributed by atoms with Crippen molar-refractivity contribution in [1.82, 2.24) is 5.32 Å². The van der Waals surface area contributed by atoms with Gasteiger partial charge in [0.25, 0.3) is 0 Å². The third-order valence-corrected chi connectivity index (χ3v) is 19.6. The maximum Gasteiger partial charge on any atom is 0.220 e. The average molecular weight is 1370 g/mol. The molecule has 12 unspecified atom stereocenters. The summed E-state index contributed by atoms with van der Waals surface area (Å²) in [5.74, 6) is -0.249. The maximum absolute atomic E-state index is 13.4. The van der Waals surface area contributed by atoms with Crippen LogP contribution in [-0.4, -0.2) is 140 Å². The van der Waals surface area contributed by atoms with Crippen LogP contribution in [0.25, 0.3) is 0 Å². The van der Waals surface area contributed by atoms with Gasteiger partial charge in [-0.1, -0.05) is 337 Å². The molecule has 2 aliphatic rings. The molecule has 0 saturated carbocycles. The molecule has 0 spiro atoms. The summed E-state index contributed by atoms with van der Waals surface area (Å²) in [6.45, 7) is 2.81. The van der Waals surface area contributed by atoms with Gasteiger partial charge in [-0.15, -0.1) is 0 Å². The van der Waals surface area contributed by atoms with E-state index in [0.29, 0.717) is 12.8 Å². The fourth-order valence-electron chi connectivity index (χ4n) is 13.2. The Kier molecular flexibility index (Phi) is 62.2. The lowest BCUT2D eigenvalue weighted by molar-refractivity contribution is -0.359. The normalized spacial score (nSPS) is 22.5. The topological polar surface area (TPSA) is 228 Å². The first kappa shape index (κ1) is 90.5. The standard InChI is InChI=1S/C83H151NO13/c1-3-5-7-9-11-13-15-17-19-21-23-25-27-29-31-33-34-35-36-37-38-39-41-43-45-47-49-51-53-55-57-59-61-63-65-67-75(88)84-71(70-94-82-80(93)78(91)81(74(69-86)96-82)97-83-79(92)77(90)76(89)73(68-85)95-83)72(87)66-64-62-60-58-56-54-52-50-48-46-44-42-40-32-30-28-26-24-22-20-18-16-14-12-10-8-6-4-2/h15,17,21,23,27,29,48,50,56,58,64,66,71-74,76-83,85-87,89-93H,3-14,16,18-20,22,24-26,28,30-47,49,51-55,57,59-63,65,67-70H2,1-2H3,(H,84,88)/b17-15-,23-21-,29-27-,50-48+,58-56+,66-64+. The molecule has 2 aliphatic heterocycles. The number of allylic oxidation sites excluding steroid dienone is 11. The Bertz CT molecular complexity index is 1910. The molecule has 2 heterocycles. The van der Waals surface area contributed by atoms with Crippen molar-refractivity contribution in [3.63, 3.8) is 0 Å². The van der Waals surface area contributed by atoms with Crippen LogP contribution in [0.15, 0.2) is 72.9 Å². The molecule has 0 aromatic carbocycles. The average Bonchev–Trinajstić information content (AvgIpc) is 0.793. The molecule has 566 valence electrons.